The Morgan fingerprint density at radius 3 is 2.95 bits per heavy atom. The first-order valence-electron chi connectivity index (χ1n) is 6.85. The Bertz CT molecular complexity index is 775. The van der Waals surface area contributed by atoms with Crippen molar-refractivity contribution in [3.63, 3.8) is 0 Å². The van der Waals surface area contributed by atoms with Gasteiger partial charge in [0.1, 0.15) is 17.7 Å². The van der Waals surface area contributed by atoms with Gasteiger partial charge in [-0.25, -0.2) is 17.8 Å². The molecule has 1 aliphatic rings. The highest BCUT2D eigenvalue weighted by molar-refractivity contribution is 7.89. The minimum Gasteiger partial charge on any atom is -0.378 e. The molecule has 6 nitrogen and oxygen atoms in total. The van der Waals surface area contributed by atoms with Gasteiger partial charge in [0.15, 0.2) is 0 Å². The lowest BCUT2D eigenvalue weighted by Crippen LogP contribution is -2.43. The van der Waals surface area contributed by atoms with E-state index in [0.717, 1.165) is 11.8 Å². The van der Waals surface area contributed by atoms with E-state index in [4.69, 9.17) is 4.74 Å². The molecule has 1 aliphatic heterocycles. The van der Waals surface area contributed by atoms with Crippen LogP contribution in [0.1, 0.15) is 17.6 Å². The van der Waals surface area contributed by atoms with Crippen molar-refractivity contribution in [1.29, 1.82) is 0 Å². The lowest BCUT2D eigenvalue weighted by atomic mass is 10.2. The topological polar surface area (TPSA) is 75.3 Å². The monoisotopic (exact) mass is 325 g/mol. The number of aromatic nitrogens is 2. The van der Waals surface area contributed by atoms with E-state index in [2.05, 4.69) is 9.97 Å². The molecule has 0 unspecified atom stereocenters. The first-order valence-corrected chi connectivity index (χ1v) is 8.29. The smallest absolute Gasteiger partial charge is 0.244 e. The van der Waals surface area contributed by atoms with Crippen molar-refractivity contribution in [2.75, 3.05) is 19.8 Å². The number of imidazole rings is 1. The molecular weight excluding hydrogens is 309 g/mol. The van der Waals surface area contributed by atoms with Gasteiger partial charge < -0.3 is 9.72 Å². The largest absolute Gasteiger partial charge is 0.378 e. The maximum atomic E-state index is 13.4. The second kappa shape index (κ2) is 5.79. The lowest BCUT2D eigenvalue weighted by molar-refractivity contribution is 0.0292. The van der Waals surface area contributed by atoms with Crippen LogP contribution in [-0.4, -0.2) is 42.4 Å². The van der Waals surface area contributed by atoms with Gasteiger partial charge >= 0.3 is 0 Å². The van der Waals surface area contributed by atoms with Crippen LogP contribution in [-0.2, 0) is 14.8 Å². The third-order valence-electron chi connectivity index (χ3n) is 3.52. The van der Waals surface area contributed by atoms with E-state index < -0.39 is 21.9 Å². The van der Waals surface area contributed by atoms with E-state index >= 15 is 0 Å². The van der Waals surface area contributed by atoms with E-state index in [-0.39, 0.29) is 18.0 Å². The van der Waals surface area contributed by atoms with Crippen LogP contribution in [0.3, 0.4) is 0 Å². The molecule has 3 rings (SSSR count). The van der Waals surface area contributed by atoms with Crippen molar-refractivity contribution in [3.8, 4) is 0 Å². The predicted molar refractivity (Wildman–Crippen MR) is 77.2 cm³/mol. The van der Waals surface area contributed by atoms with Crippen molar-refractivity contribution in [3.05, 3.63) is 47.8 Å². The second-order valence-electron chi connectivity index (χ2n) is 5.12. The van der Waals surface area contributed by atoms with Crippen LogP contribution in [0.2, 0.25) is 0 Å². The van der Waals surface area contributed by atoms with Crippen LogP contribution >= 0.6 is 0 Å². The number of hydrogen-bond donors (Lipinski definition) is 1. The molecule has 1 fully saturated rings. The Labute approximate surface area is 128 Å². The second-order valence-corrected chi connectivity index (χ2v) is 7.01. The maximum Gasteiger partial charge on any atom is 0.244 e. The van der Waals surface area contributed by atoms with Gasteiger partial charge in [0, 0.05) is 18.4 Å². The van der Waals surface area contributed by atoms with Crippen molar-refractivity contribution in [2.24, 2.45) is 0 Å². The standard InChI is InChI=1S/C14H16FN3O3S/c1-10-8-16-14(17-10)13-9-21-6-5-18(13)22(19,20)12-4-2-3-11(15)7-12/h2-4,7-8,13H,5-6,9H2,1H3,(H,16,17)/t13-/m0/s1. The van der Waals surface area contributed by atoms with E-state index in [1.807, 2.05) is 6.92 Å². The highest BCUT2D eigenvalue weighted by atomic mass is 32.2. The van der Waals surface area contributed by atoms with Crippen LogP contribution < -0.4 is 0 Å². The number of rotatable bonds is 3. The molecule has 0 amide bonds. The van der Waals surface area contributed by atoms with Crippen molar-refractivity contribution in [2.45, 2.75) is 17.9 Å². The summed E-state index contributed by atoms with van der Waals surface area (Å²) in [6.45, 7) is 2.54. The van der Waals surface area contributed by atoms with Gasteiger partial charge in [-0.05, 0) is 25.1 Å². The molecule has 0 spiro atoms. The number of halogens is 1. The molecule has 1 N–H and O–H groups in total. The Kier molecular flexibility index (Phi) is 3.98. The van der Waals surface area contributed by atoms with Crippen molar-refractivity contribution < 1.29 is 17.5 Å². The normalized spacial score (nSPS) is 20.2. The fourth-order valence-corrected chi connectivity index (χ4v) is 4.05. The van der Waals surface area contributed by atoms with Crippen molar-refractivity contribution in [1.82, 2.24) is 14.3 Å². The third kappa shape index (κ3) is 2.77. The van der Waals surface area contributed by atoms with E-state index in [1.54, 1.807) is 6.20 Å². The zero-order valence-corrected chi connectivity index (χ0v) is 12.8. The van der Waals surface area contributed by atoms with Crippen LogP contribution in [0.25, 0.3) is 0 Å². The fourth-order valence-electron chi connectivity index (χ4n) is 2.46. The maximum absolute atomic E-state index is 13.4. The van der Waals surface area contributed by atoms with E-state index in [0.29, 0.717) is 12.4 Å². The summed E-state index contributed by atoms with van der Waals surface area (Å²) in [7, 11) is -3.82. The minimum atomic E-state index is -3.82. The number of nitrogens with one attached hydrogen (secondary N) is 1. The summed E-state index contributed by atoms with van der Waals surface area (Å²) < 4.78 is 45.6. The van der Waals surface area contributed by atoms with Gasteiger partial charge in [0.2, 0.25) is 10.0 Å². The molecule has 1 saturated heterocycles. The Morgan fingerprint density at radius 1 is 1.45 bits per heavy atom. The summed E-state index contributed by atoms with van der Waals surface area (Å²) in [5.41, 5.74) is 0.837. The SMILES string of the molecule is Cc1cnc([C@@H]2COCCN2S(=O)(=O)c2cccc(F)c2)[nH]1. The van der Waals surface area contributed by atoms with Gasteiger partial charge in [0.05, 0.1) is 18.1 Å². The van der Waals surface area contributed by atoms with Gasteiger partial charge in [-0.15, -0.1) is 0 Å². The number of nitrogens with zero attached hydrogens (tertiary/aromatic N) is 2. The molecule has 118 valence electrons. The molecule has 1 aromatic carbocycles. The highest BCUT2D eigenvalue weighted by Gasteiger charge is 2.36. The summed E-state index contributed by atoms with van der Waals surface area (Å²) in [5, 5.41) is 0. The summed E-state index contributed by atoms with van der Waals surface area (Å²) in [6.07, 6.45) is 1.64. The molecule has 8 heteroatoms. The Hall–Kier alpha value is -1.77. The Balaban J connectivity index is 1.99. The molecule has 2 aromatic rings. The zero-order valence-electron chi connectivity index (χ0n) is 12.0. The van der Waals surface area contributed by atoms with Crippen LogP contribution in [0.5, 0.6) is 0 Å². The van der Waals surface area contributed by atoms with E-state index in [1.165, 1.54) is 22.5 Å². The quantitative estimate of drug-likeness (QED) is 0.930. The number of sulfonamides is 1. The number of aromatic amines is 1. The van der Waals surface area contributed by atoms with Crippen molar-refractivity contribution >= 4 is 10.0 Å². The molecule has 22 heavy (non-hydrogen) atoms. The number of morpholine rings is 1. The molecule has 0 bridgehead atoms. The van der Waals surface area contributed by atoms with Gasteiger partial charge in [-0.1, -0.05) is 6.07 Å². The summed E-state index contributed by atoms with van der Waals surface area (Å²) in [4.78, 5) is 7.17. The number of benzene rings is 1. The first kappa shape index (κ1) is 15.1. The Morgan fingerprint density at radius 2 is 2.27 bits per heavy atom. The lowest BCUT2D eigenvalue weighted by Gasteiger charge is -2.33. The van der Waals surface area contributed by atoms with E-state index in [9.17, 15) is 12.8 Å². The fraction of sp³-hybridized carbons (Fsp3) is 0.357. The molecule has 0 aliphatic carbocycles. The average Bonchev–Trinajstić information content (AvgIpc) is 2.94. The number of aryl methyl sites for hydroxylation is 1. The average molecular weight is 325 g/mol. The van der Waals surface area contributed by atoms with Gasteiger partial charge in [-0.3, -0.25) is 0 Å². The summed E-state index contributed by atoms with van der Waals surface area (Å²) in [6, 6.07) is 4.46. The predicted octanol–water partition coefficient (Wildman–Crippen LogP) is 1.62. The molecular formula is C14H16FN3O3S. The molecule has 0 radical (unpaired) electrons. The summed E-state index contributed by atoms with van der Waals surface area (Å²) >= 11 is 0. The van der Waals surface area contributed by atoms with Crippen LogP contribution in [0.4, 0.5) is 4.39 Å². The van der Waals surface area contributed by atoms with Crippen LogP contribution in [0, 0.1) is 12.7 Å². The van der Waals surface area contributed by atoms with Gasteiger partial charge in [0.25, 0.3) is 0 Å². The molecule has 1 atom stereocenters. The number of hydrogen-bond acceptors (Lipinski definition) is 4. The van der Waals surface area contributed by atoms with Gasteiger partial charge in [-0.2, -0.15) is 4.31 Å². The first-order chi connectivity index (χ1) is 10.5. The minimum absolute atomic E-state index is 0.0670. The molecule has 0 saturated carbocycles. The highest BCUT2D eigenvalue weighted by Crippen LogP contribution is 2.29. The summed E-state index contributed by atoms with van der Waals surface area (Å²) in [5.74, 6) is -0.0584. The molecule has 2 heterocycles. The molecule has 1 aromatic heterocycles. The third-order valence-corrected chi connectivity index (χ3v) is 5.42. The number of ether oxygens (including phenoxy) is 1. The van der Waals surface area contributed by atoms with Crippen LogP contribution in [0.15, 0.2) is 35.4 Å². The zero-order chi connectivity index (χ0) is 15.7. The number of H-pyrrole nitrogens is 1.